The third kappa shape index (κ3) is 2.38. The Labute approximate surface area is 133 Å². The minimum Gasteiger partial charge on any atom is -0.332 e. The van der Waals surface area contributed by atoms with Crippen molar-refractivity contribution in [1.29, 1.82) is 0 Å². The Bertz CT molecular complexity index is 765. The van der Waals surface area contributed by atoms with Crippen LogP contribution in [0.3, 0.4) is 0 Å². The lowest BCUT2D eigenvalue weighted by Crippen LogP contribution is -2.44. The highest BCUT2D eigenvalue weighted by Gasteiger charge is 2.39. The Morgan fingerprint density at radius 1 is 1.27 bits per heavy atom. The first kappa shape index (κ1) is 14.7. The van der Waals surface area contributed by atoms with E-state index in [1.807, 2.05) is 24.4 Å². The molecule has 2 N–H and O–H groups in total. The fourth-order valence-electron chi connectivity index (χ4n) is 2.41. The van der Waals surface area contributed by atoms with E-state index < -0.39 is 5.54 Å². The van der Waals surface area contributed by atoms with Gasteiger partial charge in [-0.2, -0.15) is 10.1 Å². The van der Waals surface area contributed by atoms with Gasteiger partial charge >= 0.3 is 0 Å². The van der Waals surface area contributed by atoms with E-state index >= 15 is 0 Å². The van der Waals surface area contributed by atoms with Crippen molar-refractivity contribution in [2.45, 2.75) is 24.8 Å². The van der Waals surface area contributed by atoms with Crippen molar-refractivity contribution >= 4 is 12.4 Å². The second-order valence-electron chi connectivity index (χ2n) is 5.28. The first-order valence-corrected chi connectivity index (χ1v) is 6.84. The maximum absolute atomic E-state index is 6.20. The highest BCUT2D eigenvalue weighted by Crippen LogP contribution is 2.37. The lowest BCUT2D eigenvalue weighted by molar-refractivity contribution is 0.229. The molecule has 0 aromatic carbocycles. The molecule has 0 aliphatic heterocycles. The van der Waals surface area contributed by atoms with E-state index in [9.17, 15) is 0 Å². The third-order valence-electron chi connectivity index (χ3n) is 3.85. The largest absolute Gasteiger partial charge is 0.332 e. The van der Waals surface area contributed by atoms with Crippen molar-refractivity contribution in [1.82, 2.24) is 24.9 Å². The number of pyridine rings is 1. The number of nitrogens with two attached hydrogens (primary N) is 1. The van der Waals surface area contributed by atoms with Gasteiger partial charge in [-0.25, -0.2) is 4.68 Å². The predicted octanol–water partition coefficient (Wildman–Crippen LogP) is 2.08. The average molecular weight is 319 g/mol. The summed E-state index contributed by atoms with van der Waals surface area (Å²) in [5.41, 5.74) is 7.27. The van der Waals surface area contributed by atoms with Crippen LogP contribution in [0.15, 0.2) is 41.3 Å². The molecule has 0 bridgehead atoms. The zero-order valence-electron chi connectivity index (χ0n) is 11.7. The van der Waals surface area contributed by atoms with E-state index in [1.165, 1.54) is 0 Å². The van der Waals surface area contributed by atoms with Crippen LogP contribution in [0, 0.1) is 0 Å². The predicted molar refractivity (Wildman–Crippen MR) is 81.6 cm³/mol. The van der Waals surface area contributed by atoms with Crippen molar-refractivity contribution < 1.29 is 4.52 Å². The average Bonchev–Trinajstić information content (AvgIpc) is 3.16. The molecule has 7 nitrogen and oxygen atoms in total. The van der Waals surface area contributed by atoms with E-state index in [-0.39, 0.29) is 12.4 Å². The van der Waals surface area contributed by atoms with Gasteiger partial charge in [0.1, 0.15) is 5.69 Å². The molecule has 0 amide bonds. The smallest absolute Gasteiger partial charge is 0.276 e. The van der Waals surface area contributed by atoms with Gasteiger partial charge in [0.2, 0.25) is 0 Å². The summed E-state index contributed by atoms with van der Waals surface area (Å²) in [4.78, 5) is 8.68. The number of aromatic nitrogens is 5. The van der Waals surface area contributed by atoms with Crippen molar-refractivity contribution in [2.75, 3.05) is 0 Å². The molecule has 4 rings (SSSR count). The molecule has 8 heteroatoms. The first-order valence-electron chi connectivity index (χ1n) is 6.84. The van der Waals surface area contributed by atoms with E-state index in [0.29, 0.717) is 17.4 Å². The fourth-order valence-corrected chi connectivity index (χ4v) is 2.41. The van der Waals surface area contributed by atoms with Gasteiger partial charge < -0.3 is 10.3 Å². The third-order valence-corrected chi connectivity index (χ3v) is 3.85. The lowest BCUT2D eigenvalue weighted by atomic mass is 9.77. The van der Waals surface area contributed by atoms with Crippen molar-refractivity contribution in [3.05, 3.63) is 42.6 Å². The van der Waals surface area contributed by atoms with Gasteiger partial charge in [-0.1, -0.05) is 5.16 Å². The van der Waals surface area contributed by atoms with Crippen molar-refractivity contribution in [3.63, 3.8) is 0 Å². The van der Waals surface area contributed by atoms with Gasteiger partial charge in [-0.05, 0) is 37.5 Å². The van der Waals surface area contributed by atoms with E-state index in [4.69, 9.17) is 10.3 Å². The Morgan fingerprint density at radius 3 is 2.82 bits per heavy atom. The van der Waals surface area contributed by atoms with Crippen LogP contribution < -0.4 is 5.73 Å². The van der Waals surface area contributed by atoms with E-state index in [2.05, 4.69) is 20.2 Å². The Kier molecular flexibility index (Phi) is 3.67. The van der Waals surface area contributed by atoms with Crippen LogP contribution in [-0.4, -0.2) is 24.9 Å². The van der Waals surface area contributed by atoms with Gasteiger partial charge in [0, 0.05) is 18.6 Å². The summed E-state index contributed by atoms with van der Waals surface area (Å²) < 4.78 is 7.06. The van der Waals surface area contributed by atoms with Crippen molar-refractivity contribution in [2.24, 2.45) is 5.73 Å². The minimum absolute atomic E-state index is 0. The van der Waals surface area contributed by atoms with Crippen LogP contribution in [0.5, 0.6) is 0 Å². The molecule has 0 atom stereocenters. The monoisotopic (exact) mass is 318 g/mol. The number of hydrogen-bond acceptors (Lipinski definition) is 6. The Balaban J connectivity index is 0.00000144. The maximum Gasteiger partial charge on any atom is 0.276 e. The van der Waals surface area contributed by atoms with Crippen LogP contribution in [0.1, 0.15) is 25.1 Å². The van der Waals surface area contributed by atoms with Gasteiger partial charge in [-0.15, -0.1) is 12.4 Å². The molecule has 0 saturated heterocycles. The Hall–Kier alpha value is -2.25. The first-order chi connectivity index (χ1) is 10.2. The number of halogens is 1. The topological polar surface area (TPSA) is 95.7 Å². The van der Waals surface area contributed by atoms with Gasteiger partial charge in [-0.3, -0.25) is 4.98 Å². The normalized spacial score (nSPS) is 15.9. The minimum atomic E-state index is -0.429. The molecule has 1 saturated carbocycles. The van der Waals surface area contributed by atoms with E-state index in [0.717, 1.165) is 24.9 Å². The summed E-state index contributed by atoms with van der Waals surface area (Å²) >= 11 is 0. The summed E-state index contributed by atoms with van der Waals surface area (Å²) in [6, 6.07) is 5.58. The van der Waals surface area contributed by atoms with Gasteiger partial charge in [0.25, 0.3) is 5.89 Å². The molecular weight excluding hydrogens is 304 g/mol. The molecule has 3 heterocycles. The Morgan fingerprint density at radius 2 is 2.14 bits per heavy atom. The standard InChI is InChI=1S/C14H14N6O.ClH/c15-14(4-1-5-14)13-18-12(21-19-13)11-9-10(3-7-16-11)20-8-2-6-17-20;/h2-3,6-9H,1,4-5,15H2;1H. The SMILES string of the molecule is Cl.NC1(c2noc(-c3cc(-n4cccn4)ccn3)n2)CCC1. The fraction of sp³-hybridized carbons (Fsp3) is 0.286. The molecule has 3 aromatic heterocycles. The van der Waals surface area contributed by atoms with Crippen LogP contribution >= 0.6 is 12.4 Å². The lowest BCUT2D eigenvalue weighted by Gasteiger charge is -2.34. The highest BCUT2D eigenvalue weighted by atomic mass is 35.5. The molecule has 0 unspecified atom stereocenters. The molecule has 1 aliphatic rings. The summed E-state index contributed by atoms with van der Waals surface area (Å²) in [6.45, 7) is 0. The highest BCUT2D eigenvalue weighted by molar-refractivity contribution is 5.85. The molecule has 3 aromatic rings. The van der Waals surface area contributed by atoms with Crippen LogP contribution in [0.2, 0.25) is 0 Å². The summed E-state index contributed by atoms with van der Waals surface area (Å²) in [5, 5.41) is 8.20. The second kappa shape index (κ2) is 5.51. The molecule has 0 radical (unpaired) electrons. The van der Waals surface area contributed by atoms with Gasteiger partial charge in [0.15, 0.2) is 5.82 Å². The van der Waals surface area contributed by atoms with Crippen LogP contribution in [0.4, 0.5) is 0 Å². The summed E-state index contributed by atoms with van der Waals surface area (Å²) in [6.07, 6.45) is 8.17. The number of hydrogen-bond donors (Lipinski definition) is 1. The zero-order valence-corrected chi connectivity index (χ0v) is 12.5. The summed E-state index contributed by atoms with van der Waals surface area (Å²) in [7, 11) is 0. The summed E-state index contributed by atoms with van der Waals surface area (Å²) in [5.74, 6) is 0.950. The maximum atomic E-state index is 6.20. The molecule has 22 heavy (non-hydrogen) atoms. The number of nitrogens with zero attached hydrogens (tertiary/aromatic N) is 5. The number of rotatable bonds is 3. The zero-order chi connectivity index (χ0) is 14.3. The van der Waals surface area contributed by atoms with Crippen molar-refractivity contribution in [3.8, 4) is 17.3 Å². The second-order valence-corrected chi connectivity index (χ2v) is 5.28. The van der Waals surface area contributed by atoms with Crippen LogP contribution in [-0.2, 0) is 5.54 Å². The molecule has 0 spiro atoms. The van der Waals surface area contributed by atoms with Gasteiger partial charge in [0.05, 0.1) is 11.2 Å². The molecule has 114 valence electrons. The molecule has 1 fully saturated rings. The van der Waals surface area contributed by atoms with Crippen LogP contribution in [0.25, 0.3) is 17.3 Å². The molecular formula is C14H15ClN6O. The quantitative estimate of drug-likeness (QED) is 0.794. The molecule has 1 aliphatic carbocycles. The van der Waals surface area contributed by atoms with E-state index in [1.54, 1.807) is 17.1 Å².